The van der Waals surface area contributed by atoms with Crippen molar-refractivity contribution in [3.63, 3.8) is 0 Å². The van der Waals surface area contributed by atoms with Crippen molar-refractivity contribution in [2.75, 3.05) is 5.32 Å². The van der Waals surface area contributed by atoms with E-state index >= 15 is 0 Å². The van der Waals surface area contributed by atoms with E-state index in [1.54, 1.807) is 18.2 Å². The smallest absolute Gasteiger partial charge is 0.319 e. The summed E-state index contributed by atoms with van der Waals surface area (Å²) in [6.07, 6.45) is -3.74. The molecule has 0 atom stereocenters. The van der Waals surface area contributed by atoms with Gasteiger partial charge in [-0.05, 0) is 36.4 Å². The SMILES string of the molecule is O=C(Nc1cnn(-c2ccc(Cl)cc2)c1C(F)(F)F)c1ccccc1. The number of carbonyl (C=O) groups is 1. The van der Waals surface area contributed by atoms with E-state index in [9.17, 15) is 18.0 Å². The molecule has 3 rings (SSSR count). The number of amides is 1. The number of rotatable bonds is 3. The van der Waals surface area contributed by atoms with E-state index in [4.69, 9.17) is 11.6 Å². The van der Waals surface area contributed by atoms with Crippen LogP contribution in [0.2, 0.25) is 5.02 Å². The van der Waals surface area contributed by atoms with Crippen LogP contribution in [0.5, 0.6) is 0 Å². The molecule has 0 spiro atoms. The summed E-state index contributed by atoms with van der Waals surface area (Å²) in [5.41, 5.74) is -1.07. The van der Waals surface area contributed by atoms with Crippen LogP contribution in [-0.4, -0.2) is 15.7 Å². The van der Waals surface area contributed by atoms with E-state index in [0.29, 0.717) is 5.02 Å². The molecule has 25 heavy (non-hydrogen) atoms. The van der Waals surface area contributed by atoms with Crippen LogP contribution in [0.25, 0.3) is 5.69 Å². The normalized spacial score (nSPS) is 11.4. The van der Waals surface area contributed by atoms with Crippen LogP contribution in [0.3, 0.4) is 0 Å². The first-order valence-electron chi connectivity index (χ1n) is 7.14. The highest BCUT2D eigenvalue weighted by Gasteiger charge is 2.39. The van der Waals surface area contributed by atoms with Gasteiger partial charge in [-0.2, -0.15) is 18.3 Å². The third-order valence-corrected chi connectivity index (χ3v) is 3.65. The predicted molar refractivity (Wildman–Crippen MR) is 88.0 cm³/mol. The molecule has 2 aromatic carbocycles. The number of hydrogen-bond acceptors (Lipinski definition) is 2. The number of nitrogens with one attached hydrogen (secondary N) is 1. The summed E-state index contributed by atoms with van der Waals surface area (Å²) in [5.74, 6) is -0.651. The van der Waals surface area contributed by atoms with Crippen molar-refractivity contribution in [1.29, 1.82) is 0 Å². The molecule has 128 valence electrons. The Kier molecular flexibility index (Phi) is 4.50. The van der Waals surface area contributed by atoms with Gasteiger partial charge in [0.15, 0.2) is 5.69 Å². The second-order valence-electron chi connectivity index (χ2n) is 5.11. The first-order valence-corrected chi connectivity index (χ1v) is 7.51. The summed E-state index contributed by atoms with van der Waals surface area (Å²) in [4.78, 5) is 12.2. The summed E-state index contributed by atoms with van der Waals surface area (Å²) in [6.45, 7) is 0. The van der Waals surface area contributed by atoms with Crippen LogP contribution >= 0.6 is 11.6 Å². The molecule has 0 aliphatic heterocycles. The zero-order valence-electron chi connectivity index (χ0n) is 12.6. The van der Waals surface area contributed by atoms with E-state index in [-0.39, 0.29) is 11.3 Å². The fraction of sp³-hybridized carbons (Fsp3) is 0.0588. The van der Waals surface area contributed by atoms with E-state index in [2.05, 4.69) is 10.4 Å². The fourth-order valence-electron chi connectivity index (χ4n) is 2.27. The zero-order valence-corrected chi connectivity index (χ0v) is 13.3. The van der Waals surface area contributed by atoms with Gasteiger partial charge >= 0.3 is 6.18 Å². The van der Waals surface area contributed by atoms with Crippen LogP contribution in [0.4, 0.5) is 18.9 Å². The van der Waals surface area contributed by atoms with Gasteiger partial charge in [-0.25, -0.2) is 4.68 Å². The van der Waals surface area contributed by atoms with Crippen LogP contribution in [-0.2, 0) is 6.18 Å². The summed E-state index contributed by atoms with van der Waals surface area (Å²) in [6, 6.07) is 13.7. The number of nitrogens with zero attached hydrogens (tertiary/aromatic N) is 2. The Morgan fingerprint density at radius 2 is 1.68 bits per heavy atom. The lowest BCUT2D eigenvalue weighted by molar-refractivity contribution is -0.142. The minimum absolute atomic E-state index is 0.178. The summed E-state index contributed by atoms with van der Waals surface area (Å²) in [5, 5.41) is 6.43. The lowest BCUT2D eigenvalue weighted by Gasteiger charge is -2.13. The molecule has 1 amide bonds. The fourth-order valence-corrected chi connectivity index (χ4v) is 2.40. The van der Waals surface area contributed by atoms with E-state index < -0.39 is 23.5 Å². The number of carbonyl (C=O) groups excluding carboxylic acids is 1. The van der Waals surface area contributed by atoms with Gasteiger partial charge in [0.25, 0.3) is 5.91 Å². The topological polar surface area (TPSA) is 46.9 Å². The Morgan fingerprint density at radius 3 is 2.28 bits per heavy atom. The van der Waals surface area contributed by atoms with Gasteiger partial charge in [0.1, 0.15) is 0 Å². The zero-order chi connectivity index (χ0) is 18.0. The average Bonchev–Trinajstić information content (AvgIpc) is 3.00. The van der Waals surface area contributed by atoms with Crippen molar-refractivity contribution < 1.29 is 18.0 Å². The molecule has 3 aromatic rings. The molecular formula is C17H11ClF3N3O. The van der Waals surface area contributed by atoms with Gasteiger partial charge in [0.05, 0.1) is 17.6 Å². The Labute approximate surface area is 145 Å². The molecule has 1 aromatic heterocycles. The number of aromatic nitrogens is 2. The first-order chi connectivity index (χ1) is 11.9. The maximum atomic E-state index is 13.5. The van der Waals surface area contributed by atoms with Crippen LogP contribution < -0.4 is 5.32 Å². The molecule has 0 aliphatic carbocycles. The first kappa shape index (κ1) is 17.0. The van der Waals surface area contributed by atoms with Gasteiger partial charge in [0.2, 0.25) is 0 Å². The third-order valence-electron chi connectivity index (χ3n) is 3.39. The van der Waals surface area contributed by atoms with Crippen molar-refractivity contribution >= 4 is 23.2 Å². The van der Waals surface area contributed by atoms with E-state index in [1.165, 1.54) is 36.4 Å². The maximum absolute atomic E-state index is 13.5. The van der Waals surface area contributed by atoms with Crippen molar-refractivity contribution in [3.05, 3.63) is 77.1 Å². The molecule has 0 fully saturated rings. The summed E-state index contributed by atoms with van der Waals surface area (Å²) in [7, 11) is 0. The van der Waals surface area contributed by atoms with Crippen LogP contribution in [0.1, 0.15) is 16.1 Å². The van der Waals surface area contributed by atoms with Gasteiger partial charge in [0, 0.05) is 10.6 Å². The average molecular weight is 366 g/mol. The van der Waals surface area contributed by atoms with Gasteiger partial charge in [-0.3, -0.25) is 4.79 Å². The minimum Gasteiger partial charge on any atom is -0.319 e. The number of hydrogen-bond donors (Lipinski definition) is 1. The van der Waals surface area contributed by atoms with E-state index in [0.717, 1.165) is 10.9 Å². The van der Waals surface area contributed by atoms with Crippen molar-refractivity contribution in [1.82, 2.24) is 9.78 Å². The predicted octanol–water partition coefficient (Wildman–Crippen LogP) is 4.80. The van der Waals surface area contributed by atoms with Crippen LogP contribution in [0, 0.1) is 0 Å². The molecule has 0 aliphatic rings. The molecule has 4 nitrogen and oxygen atoms in total. The number of alkyl halides is 3. The molecule has 0 saturated heterocycles. The standard InChI is InChI=1S/C17H11ClF3N3O/c18-12-6-8-13(9-7-12)24-15(17(19,20)21)14(10-22-24)23-16(25)11-4-2-1-3-5-11/h1-10H,(H,23,25). The highest BCUT2D eigenvalue weighted by atomic mass is 35.5. The van der Waals surface area contributed by atoms with Gasteiger partial charge in [-0.1, -0.05) is 29.8 Å². The van der Waals surface area contributed by atoms with Gasteiger partial charge in [-0.15, -0.1) is 0 Å². The molecule has 0 bridgehead atoms. The molecule has 0 radical (unpaired) electrons. The molecule has 0 unspecified atom stereocenters. The summed E-state index contributed by atoms with van der Waals surface area (Å²) < 4.78 is 41.3. The number of benzene rings is 2. The Bertz CT molecular complexity index is 890. The van der Waals surface area contributed by atoms with Crippen molar-refractivity contribution in [2.24, 2.45) is 0 Å². The highest BCUT2D eigenvalue weighted by Crippen LogP contribution is 2.36. The Hall–Kier alpha value is -2.80. The van der Waals surface area contributed by atoms with Crippen molar-refractivity contribution in [3.8, 4) is 5.69 Å². The van der Waals surface area contributed by atoms with E-state index in [1.807, 2.05) is 0 Å². The Morgan fingerprint density at radius 1 is 1.04 bits per heavy atom. The second-order valence-corrected chi connectivity index (χ2v) is 5.55. The van der Waals surface area contributed by atoms with Crippen LogP contribution in [0.15, 0.2) is 60.8 Å². The molecule has 0 saturated carbocycles. The monoisotopic (exact) mass is 365 g/mol. The lowest BCUT2D eigenvalue weighted by atomic mass is 10.2. The molecule has 1 heterocycles. The highest BCUT2D eigenvalue weighted by molar-refractivity contribution is 6.30. The van der Waals surface area contributed by atoms with Crippen molar-refractivity contribution in [2.45, 2.75) is 6.18 Å². The quantitative estimate of drug-likeness (QED) is 0.725. The number of halogens is 4. The van der Waals surface area contributed by atoms with Gasteiger partial charge < -0.3 is 5.32 Å². The Balaban J connectivity index is 2.00. The molecule has 1 N–H and O–H groups in total. The lowest BCUT2D eigenvalue weighted by Crippen LogP contribution is -2.18. The second kappa shape index (κ2) is 6.60. The maximum Gasteiger partial charge on any atom is 0.435 e. The number of anilines is 1. The minimum atomic E-state index is -4.71. The molecule has 8 heteroatoms. The third kappa shape index (κ3) is 3.66. The molecular weight excluding hydrogens is 355 g/mol. The largest absolute Gasteiger partial charge is 0.435 e. The summed E-state index contributed by atoms with van der Waals surface area (Å²) >= 11 is 5.76.